The molecular formula is C13H21N3. The standard InChI is InChI=1S/C13H21N3/c1-9(2)12-7-10(3)15-13(16-12)14-8-11-5-4-6-11/h7,9,11H,4-6,8H2,1-3H3,(H,14,15,16). The third kappa shape index (κ3) is 2.71. The van der Waals surface area contributed by atoms with Gasteiger partial charge in [0.05, 0.1) is 0 Å². The summed E-state index contributed by atoms with van der Waals surface area (Å²) in [5, 5.41) is 3.36. The van der Waals surface area contributed by atoms with Gasteiger partial charge in [-0.15, -0.1) is 0 Å². The molecule has 1 aromatic heterocycles. The Labute approximate surface area is 97.7 Å². The summed E-state index contributed by atoms with van der Waals surface area (Å²) in [6, 6.07) is 2.07. The first kappa shape index (κ1) is 11.4. The van der Waals surface area contributed by atoms with Gasteiger partial charge in [-0.1, -0.05) is 20.3 Å². The Morgan fingerprint density at radius 2 is 2.12 bits per heavy atom. The van der Waals surface area contributed by atoms with Crippen molar-refractivity contribution < 1.29 is 0 Å². The van der Waals surface area contributed by atoms with Crippen molar-refractivity contribution in [1.82, 2.24) is 9.97 Å². The summed E-state index contributed by atoms with van der Waals surface area (Å²) in [7, 11) is 0. The number of anilines is 1. The fourth-order valence-corrected chi connectivity index (χ4v) is 1.90. The molecule has 0 saturated heterocycles. The molecule has 88 valence electrons. The van der Waals surface area contributed by atoms with Crippen LogP contribution in [0.15, 0.2) is 6.07 Å². The molecule has 2 rings (SSSR count). The highest BCUT2D eigenvalue weighted by atomic mass is 15.1. The lowest BCUT2D eigenvalue weighted by molar-refractivity contribution is 0.333. The maximum Gasteiger partial charge on any atom is 0.223 e. The predicted octanol–water partition coefficient (Wildman–Crippen LogP) is 3.12. The lowest BCUT2D eigenvalue weighted by atomic mass is 9.85. The molecule has 1 aliphatic rings. The van der Waals surface area contributed by atoms with Crippen molar-refractivity contribution >= 4 is 5.95 Å². The van der Waals surface area contributed by atoms with Crippen LogP contribution in [-0.4, -0.2) is 16.5 Å². The maximum atomic E-state index is 4.54. The molecule has 1 fully saturated rings. The first-order valence-corrected chi connectivity index (χ1v) is 6.24. The zero-order chi connectivity index (χ0) is 11.5. The largest absolute Gasteiger partial charge is 0.354 e. The molecule has 1 heterocycles. The molecule has 1 aliphatic carbocycles. The van der Waals surface area contributed by atoms with Gasteiger partial charge in [0, 0.05) is 17.9 Å². The summed E-state index contributed by atoms with van der Waals surface area (Å²) in [5.74, 6) is 2.10. The number of nitrogens with zero attached hydrogens (tertiary/aromatic N) is 2. The van der Waals surface area contributed by atoms with E-state index in [0.717, 1.165) is 29.8 Å². The molecule has 0 radical (unpaired) electrons. The van der Waals surface area contributed by atoms with Gasteiger partial charge in [-0.2, -0.15) is 0 Å². The minimum Gasteiger partial charge on any atom is -0.354 e. The van der Waals surface area contributed by atoms with Gasteiger partial charge < -0.3 is 5.32 Å². The molecule has 3 nitrogen and oxygen atoms in total. The van der Waals surface area contributed by atoms with Crippen LogP contribution in [0, 0.1) is 12.8 Å². The Balaban J connectivity index is 2.01. The quantitative estimate of drug-likeness (QED) is 0.845. The van der Waals surface area contributed by atoms with Gasteiger partial charge in [0.25, 0.3) is 0 Å². The van der Waals surface area contributed by atoms with E-state index in [9.17, 15) is 0 Å². The monoisotopic (exact) mass is 219 g/mol. The second-order valence-electron chi connectivity index (χ2n) is 5.09. The number of aromatic nitrogens is 2. The average molecular weight is 219 g/mol. The Morgan fingerprint density at radius 3 is 2.69 bits per heavy atom. The van der Waals surface area contributed by atoms with Crippen molar-refractivity contribution in [3.05, 3.63) is 17.5 Å². The maximum absolute atomic E-state index is 4.54. The van der Waals surface area contributed by atoms with Crippen molar-refractivity contribution in [2.45, 2.75) is 46.0 Å². The fourth-order valence-electron chi connectivity index (χ4n) is 1.90. The minimum atomic E-state index is 0.464. The highest BCUT2D eigenvalue weighted by Gasteiger charge is 2.17. The summed E-state index contributed by atoms with van der Waals surface area (Å²) in [6.45, 7) is 7.39. The van der Waals surface area contributed by atoms with Gasteiger partial charge >= 0.3 is 0 Å². The molecule has 0 aliphatic heterocycles. The lowest BCUT2D eigenvalue weighted by Gasteiger charge is -2.25. The van der Waals surface area contributed by atoms with Gasteiger partial charge in [-0.25, -0.2) is 9.97 Å². The topological polar surface area (TPSA) is 37.8 Å². The molecule has 0 aromatic carbocycles. The number of nitrogens with one attached hydrogen (secondary N) is 1. The summed E-state index contributed by atoms with van der Waals surface area (Å²) in [4.78, 5) is 8.97. The molecule has 16 heavy (non-hydrogen) atoms. The molecule has 1 aromatic rings. The van der Waals surface area contributed by atoms with Crippen molar-refractivity contribution in [3.8, 4) is 0 Å². The number of hydrogen-bond donors (Lipinski definition) is 1. The van der Waals surface area contributed by atoms with E-state index in [-0.39, 0.29) is 0 Å². The van der Waals surface area contributed by atoms with E-state index in [4.69, 9.17) is 0 Å². The third-order valence-electron chi connectivity index (χ3n) is 3.24. The molecule has 0 unspecified atom stereocenters. The molecule has 1 N–H and O–H groups in total. The molecular weight excluding hydrogens is 198 g/mol. The van der Waals surface area contributed by atoms with Gasteiger partial charge in [-0.3, -0.25) is 0 Å². The number of aryl methyl sites for hydroxylation is 1. The smallest absolute Gasteiger partial charge is 0.223 e. The van der Waals surface area contributed by atoms with Crippen LogP contribution in [-0.2, 0) is 0 Å². The van der Waals surface area contributed by atoms with Crippen LogP contribution in [0.25, 0.3) is 0 Å². The molecule has 0 spiro atoms. The van der Waals surface area contributed by atoms with E-state index in [2.05, 4.69) is 35.2 Å². The van der Waals surface area contributed by atoms with Crippen molar-refractivity contribution in [2.24, 2.45) is 5.92 Å². The second kappa shape index (κ2) is 4.81. The van der Waals surface area contributed by atoms with E-state index in [1.165, 1.54) is 19.3 Å². The van der Waals surface area contributed by atoms with Crippen molar-refractivity contribution in [2.75, 3.05) is 11.9 Å². The summed E-state index contributed by atoms with van der Waals surface area (Å²) >= 11 is 0. The first-order chi connectivity index (χ1) is 7.65. The molecule has 3 heteroatoms. The van der Waals surface area contributed by atoms with Crippen LogP contribution in [0.1, 0.15) is 50.4 Å². The first-order valence-electron chi connectivity index (χ1n) is 6.24. The van der Waals surface area contributed by atoms with Crippen molar-refractivity contribution in [1.29, 1.82) is 0 Å². The second-order valence-corrected chi connectivity index (χ2v) is 5.09. The van der Waals surface area contributed by atoms with Gasteiger partial charge in [0.1, 0.15) is 0 Å². The van der Waals surface area contributed by atoms with E-state index in [0.29, 0.717) is 5.92 Å². The Morgan fingerprint density at radius 1 is 1.38 bits per heavy atom. The van der Waals surface area contributed by atoms with Crippen LogP contribution in [0.3, 0.4) is 0 Å². The molecule has 0 atom stereocenters. The summed E-state index contributed by atoms with van der Waals surface area (Å²) < 4.78 is 0. The van der Waals surface area contributed by atoms with E-state index in [1.54, 1.807) is 0 Å². The van der Waals surface area contributed by atoms with Gasteiger partial charge in [0.15, 0.2) is 0 Å². The predicted molar refractivity (Wildman–Crippen MR) is 66.7 cm³/mol. The highest BCUT2D eigenvalue weighted by molar-refractivity contribution is 5.29. The third-order valence-corrected chi connectivity index (χ3v) is 3.24. The van der Waals surface area contributed by atoms with E-state index >= 15 is 0 Å². The number of rotatable bonds is 4. The number of hydrogen-bond acceptors (Lipinski definition) is 3. The summed E-state index contributed by atoms with van der Waals surface area (Å²) in [5.41, 5.74) is 2.18. The van der Waals surface area contributed by atoms with Gasteiger partial charge in [-0.05, 0) is 37.7 Å². The van der Waals surface area contributed by atoms with Crippen LogP contribution in [0.5, 0.6) is 0 Å². The zero-order valence-electron chi connectivity index (χ0n) is 10.5. The van der Waals surface area contributed by atoms with Crippen LogP contribution >= 0.6 is 0 Å². The zero-order valence-corrected chi connectivity index (χ0v) is 10.5. The normalized spacial score (nSPS) is 16.2. The van der Waals surface area contributed by atoms with Crippen LogP contribution in [0.2, 0.25) is 0 Å². The lowest BCUT2D eigenvalue weighted by Crippen LogP contribution is -2.22. The Bertz CT molecular complexity index is 356. The minimum absolute atomic E-state index is 0.464. The van der Waals surface area contributed by atoms with Crippen LogP contribution in [0.4, 0.5) is 5.95 Å². The fraction of sp³-hybridized carbons (Fsp3) is 0.692. The molecule has 0 bridgehead atoms. The SMILES string of the molecule is Cc1cc(C(C)C)nc(NCC2CCC2)n1. The van der Waals surface area contributed by atoms with E-state index < -0.39 is 0 Å². The van der Waals surface area contributed by atoms with Gasteiger partial charge in [0.2, 0.25) is 5.95 Å². The Kier molecular flexibility index (Phi) is 3.42. The average Bonchev–Trinajstić information content (AvgIpc) is 2.14. The van der Waals surface area contributed by atoms with Crippen molar-refractivity contribution in [3.63, 3.8) is 0 Å². The summed E-state index contributed by atoms with van der Waals surface area (Å²) in [6.07, 6.45) is 4.10. The highest BCUT2D eigenvalue weighted by Crippen LogP contribution is 2.26. The van der Waals surface area contributed by atoms with Crippen LogP contribution < -0.4 is 5.32 Å². The Hall–Kier alpha value is -1.12. The van der Waals surface area contributed by atoms with E-state index in [1.807, 2.05) is 6.92 Å². The molecule has 1 saturated carbocycles. The molecule has 0 amide bonds.